The van der Waals surface area contributed by atoms with E-state index in [1.807, 2.05) is 48.5 Å². The maximum absolute atomic E-state index is 14.8. The van der Waals surface area contributed by atoms with Gasteiger partial charge in [-0.2, -0.15) is 0 Å². The number of hydrogen-bond donors (Lipinski definition) is 2. The molecule has 0 saturated heterocycles. The van der Waals surface area contributed by atoms with Gasteiger partial charge in [0.05, 0.1) is 30.9 Å². The smallest absolute Gasteiger partial charge is 0.254 e. The van der Waals surface area contributed by atoms with Gasteiger partial charge in [-0.1, -0.05) is 60.5 Å². The fraction of sp³-hybridized carbons (Fsp3) is 0.392. The first-order valence-corrected chi connectivity index (χ1v) is 22.0. The van der Waals surface area contributed by atoms with Crippen LogP contribution in [0.15, 0.2) is 114 Å². The number of aldehydes is 1. The van der Waals surface area contributed by atoms with Crippen LogP contribution in [0, 0.1) is 17.8 Å². The Morgan fingerprint density at radius 1 is 0.922 bits per heavy atom. The van der Waals surface area contributed by atoms with E-state index in [4.69, 9.17) is 38.4 Å². The van der Waals surface area contributed by atoms with Crippen LogP contribution in [-0.4, -0.2) is 85.6 Å². The molecule has 2 aliphatic carbocycles. The topological polar surface area (TPSA) is 155 Å². The average molecular weight is 873 g/mol. The molecule has 2 heterocycles. The summed E-state index contributed by atoms with van der Waals surface area (Å²) in [7, 11) is 3.28. The van der Waals surface area contributed by atoms with E-state index in [0.29, 0.717) is 64.2 Å². The van der Waals surface area contributed by atoms with Crippen molar-refractivity contribution in [1.82, 2.24) is 4.90 Å². The lowest BCUT2D eigenvalue weighted by molar-refractivity contribution is -0.252. The zero-order chi connectivity index (χ0) is 44.6. The van der Waals surface area contributed by atoms with Crippen molar-refractivity contribution >= 4 is 17.9 Å². The van der Waals surface area contributed by atoms with Crippen LogP contribution in [-0.2, 0) is 16.2 Å². The highest BCUT2D eigenvalue weighted by Crippen LogP contribution is 2.62. The molecule has 8 rings (SSSR count). The number of carbonyl (C=O) groups excluding carboxylic acids is 2. The Morgan fingerprint density at radius 3 is 2.44 bits per heavy atom. The summed E-state index contributed by atoms with van der Waals surface area (Å²) in [6.07, 6.45) is 9.38. The zero-order valence-electron chi connectivity index (χ0n) is 36.4. The van der Waals surface area contributed by atoms with Gasteiger partial charge in [0.2, 0.25) is 12.6 Å². The molecule has 1 saturated carbocycles. The maximum atomic E-state index is 14.8. The zero-order valence-corrected chi connectivity index (χ0v) is 36.4. The third-order valence-electron chi connectivity index (χ3n) is 12.9. The van der Waals surface area contributed by atoms with Crippen molar-refractivity contribution in [3.8, 4) is 34.5 Å². The Balaban J connectivity index is 1.30. The summed E-state index contributed by atoms with van der Waals surface area (Å²) in [5.74, 6) is 0.611. The van der Waals surface area contributed by atoms with Crippen LogP contribution < -0.4 is 23.7 Å². The van der Waals surface area contributed by atoms with E-state index in [0.717, 1.165) is 48.7 Å². The van der Waals surface area contributed by atoms with Gasteiger partial charge in [0, 0.05) is 43.7 Å². The summed E-state index contributed by atoms with van der Waals surface area (Å²) in [5.41, 5.74) is 4.21. The molecule has 4 aliphatic rings. The molecule has 13 heteroatoms. The molecule has 1 fully saturated rings. The monoisotopic (exact) mass is 872 g/mol. The molecule has 336 valence electrons. The number of nitrogens with zero attached hydrogens (tertiary/aromatic N) is 2. The van der Waals surface area contributed by atoms with Gasteiger partial charge in [-0.3, -0.25) is 9.59 Å². The van der Waals surface area contributed by atoms with Gasteiger partial charge in [0.15, 0.2) is 17.8 Å². The highest BCUT2D eigenvalue weighted by atomic mass is 16.7. The number of aliphatic hydroxyl groups excluding tert-OH is 2. The van der Waals surface area contributed by atoms with Crippen LogP contribution >= 0.6 is 0 Å². The van der Waals surface area contributed by atoms with Crippen LogP contribution in [0.1, 0.15) is 82.7 Å². The lowest BCUT2D eigenvalue weighted by atomic mass is 9.55. The van der Waals surface area contributed by atoms with Crippen molar-refractivity contribution < 1.29 is 53.1 Å². The Kier molecular flexibility index (Phi) is 14.0. The molecular weight excluding hydrogens is 817 g/mol. The molecule has 6 unspecified atom stereocenters. The van der Waals surface area contributed by atoms with Crippen LogP contribution in [0.25, 0.3) is 0 Å². The molecule has 6 atom stereocenters. The molecule has 2 aliphatic heterocycles. The third-order valence-corrected chi connectivity index (χ3v) is 12.9. The highest BCUT2D eigenvalue weighted by molar-refractivity contribution is 6.03. The first-order chi connectivity index (χ1) is 31.3. The molecule has 4 aromatic rings. The summed E-state index contributed by atoms with van der Waals surface area (Å²) in [6, 6.07) is 25.1. The summed E-state index contributed by atoms with van der Waals surface area (Å²) < 4.78 is 37.4. The van der Waals surface area contributed by atoms with Gasteiger partial charge in [-0.25, -0.2) is 0 Å². The van der Waals surface area contributed by atoms with E-state index in [2.05, 4.69) is 12.7 Å². The summed E-state index contributed by atoms with van der Waals surface area (Å²) >= 11 is 0. The van der Waals surface area contributed by atoms with Crippen molar-refractivity contribution in [2.24, 2.45) is 22.9 Å². The minimum absolute atomic E-state index is 0.00589. The number of unbranched alkanes of at least 4 members (excludes halogenated alkanes) is 2. The Bertz CT molecular complexity index is 2370. The molecule has 0 aromatic heterocycles. The molecule has 2 N–H and O–H groups in total. The lowest BCUT2D eigenvalue weighted by Crippen LogP contribution is -2.69. The molecule has 1 amide bonds. The predicted octanol–water partition coefficient (Wildman–Crippen LogP) is 8.63. The first-order valence-electron chi connectivity index (χ1n) is 22.0. The Hall–Kier alpha value is -6.15. The van der Waals surface area contributed by atoms with Gasteiger partial charge in [0.1, 0.15) is 35.6 Å². The van der Waals surface area contributed by atoms with Crippen molar-refractivity contribution in [1.29, 1.82) is 0 Å². The van der Waals surface area contributed by atoms with E-state index < -0.39 is 17.7 Å². The minimum Gasteiger partial charge on any atom is -0.496 e. The molecule has 13 nitrogen and oxygen atoms in total. The van der Waals surface area contributed by atoms with Gasteiger partial charge in [-0.05, 0) is 103 Å². The van der Waals surface area contributed by atoms with E-state index in [1.54, 1.807) is 54.4 Å². The number of ether oxygens (including phenoxy) is 6. The van der Waals surface area contributed by atoms with Crippen LogP contribution in [0.2, 0.25) is 0 Å². The van der Waals surface area contributed by atoms with Crippen molar-refractivity contribution in [2.75, 3.05) is 40.8 Å². The number of likely N-dealkylation sites (N-methyl/N-ethyl adjacent to an activating group) is 1. The standard InChI is InChI=1S/C51H56N2O11/c1-4-24-61-51-47(53(2)50(57)35-16-19-45-46(27-35)60-32-59-45)29-42(52-62-31-33-12-6-5-7-13-33)40-26-34(14-8-10-22-54)39(15-9-11-23-55)48(49(40)51)41-28-38(18-21-44(41)64-51)63-37-17-20-43(58-3)36(25-37)30-56/h4-7,12-13,16-21,25-28,30,34,39,47-49,54-55H,1,8-11,14-15,22-24,29,31-32H2,2-3H3. The minimum atomic E-state index is -1.45. The number of carbonyl (C=O) groups is 2. The molecule has 4 aromatic carbocycles. The van der Waals surface area contributed by atoms with Gasteiger partial charge >= 0.3 is 0 Å². The Labute approximate surface area is 373 Å². The third kappa shape index (κ3) is 8.97. The number of rotatable bonds is 20. The number of fused-ring (bicyclic) bond motifs is 3. The van der Waals surface area contributed by atoms with E-state index >= 15 is 0 Å². The van der Waals surface area contributed by atoms with Crippen molar-refractivity contribution in [3.05, 3.63) is 131 Å². The summed E-state index contributed by atoms with van der Waals surface area (Å²) in [5, 5.41) is 24.8. The van der Waals surface area contributed by atoms with Gasteiger partial charge in [0.25, 0.3) is 5.91 Å². The fourth-order valence-electron chi connectivity index (χ4n) is 9.93. The quantitative estimate of drug-likeness (QED) is 0.0380. The lowest BCUT2D eigenvalue weighted by Gasteiger charge is -2.59. The second kappa shape index (κ2) is 20.1. The van der Waals surface area contributed by atoms with Crippen LogP contribution in [0.3, 0.4) is 0 Å². The molecule has 0 spiro atoms. The Morgan fingerprint density at radius 2 is 1.67 bits per heavy atom. The first kappa shape index (κ1) is 44.5. The number of oxime groups is 1. The number of allylic oxidation sites excluding steroid dienone is 1. The van der Waals surface area contributed by atoms with Crippen molar-refractivity contribution in [2.45, 2.75) is 69.3 Å². The summed E-state index contributed by atoms with van der Waals surface area (Å²) in [6.45, 7) is 4.61. The second-order valence-electron chi connectivity index (χ2n) is 16.6. The van der Waals surface area contributed by atoms with Crippen LogP contribution in [0.5, 0.6) is 34.5 Å². The maximum Gasteiger partial charge on any atom is 0.254 e. The normalized spacial score (nSPS) is 23.2. The summed E-state index contributed by atoms with van der Waals surface area (Å²) in [4.78, 5) is 34.6. The molecular formula is C51H56N2O11. The number of hydrogen-bond acceptors (Lipinski definition) is 12. The second-order valence-corrected chi connectivity index (χ2v) is 16.6. The highest BCUT2D eigenvalue weighted by Gasteiger charge is 2.65. The van der Waals surface area contributed by atoms with Gasteiger partial charge in [-0.15, -0.1) is 6.58 Å². The van der Waals surface area contributed by atoms with Crippen molar-refractivity contribution in [3.63, 3.8) is 0 Å². The number of methoxy groups -OCH3 is 1. The molecule has 64 heavy (non-hydrogen) atoms. The number of aliphatic hydroxyl groups is 2. The van der Waals surface area contributed by atoms with Crippen LogP contribution in [0.4, 0.5) is 0 Å². The van der Waals surface area contributed by atoms with E-state index in [-0.39, 0.29) is 63.3 Å². The molecule has 0 radical (unpaired) electrons. The number of amides is 1. The largest absolute Gasteiger partial charge is 0.496 e. The van der Waals surface area contributed by atoms with Gasteiger partial charge < -0.3 is 48.4 Å². The number of benzene rings is 4. The average Bonchev–Trinajstić information content (AvgIpc) is 3.80. The predicted molar refractivity (Wildman–Crippen MR) is 239 cm³/mol. The van der Waals surface area contributed by atoms with E-state index in [1.165, 1.54) is 7.11 Å². The van der Waals surface area contributed by atoms with E-state index in [9.17, 15) is 19.8 Å². The SMILES string of the molecule is C=CCOC12Oc3ccc(Oc4ccc(OC)c(C=O)c4)cc3C3C(CCCCO)C(CCCCO)C=C(C(=NOCc4ccccc4)CC1N(C)C(=O)c1ccc4c(c1)OCO4)C32. The molecule has 0 bridgehead atoms. The fourth-order valence-corrected chi connectivity index (χ4v) is 9.93.